The average Bonchev–Trinajstić information content (AvgIpc) is 2.53. The lowest BCUT2D eigenvalue weighted by molar-refractivity contribution is -0.190. The molecule has 2 N–H and O–H groups in total. The minimum absolute atomic E-state index is 0.125. The number of aromatic hydroxyl groups is 1. The maximum Gasteiger partial charge on any atom is 0.268 e. The molecule has 1 aromatic carbocycles. The van der Waals surface area contributed by atoms with E-state index in [4.69, 9.17) is 0 Å². The summed E-state index contributed by atoms with van der Waals surface area (Å²) in [6, 6.07) is 7.39. The van der Waals surface area contributed by atoms with Crippen LogP contribution in [0, 0.1) is 17.8 Å². The first-order chi connectivity index (χ1) is 11.8. The molecule has 1 aromatic rings. The van der Waals surface area contributed by atoms with E-state index in [0.717, 1.165) is 32.1 Å². The minimum Gasteiger partial charge on any atom is -0.506 e. The fourth-order valence-electron chi connectivity index (χ4n) is 6.37. The van der Waals surface area contributed by atoms with Gasteiger partial charge in [0.15, 0.2) is 0 Å². The number of hydrazine groups is 1. The molecule has 25 heavy (non-hydrogen) atoms. The standard InChI is InChI=1S/C20H26N2O3/c1-19(2)18(24)21(22(19)15-5-3-4-6-16(15)23)17-13-7-12-8-14(17)11-20(25,9-12)10-13/h3-6,12-14,17,23,25H,7-11H2,1-2H3/t12?,13-,14+,17?,20?. The van der Waals surface area contributed by atoms with Gasteiger partial charge in [-0.3, -0.25) is 9.80 Å². The van der Waals surface area contributed by atoms with Crippen LogP contribution in [0.5, 0.6) is 5.75 Å². The Morgan fingerprint density at radius 2 is 1.72 bits per heavy atom. The maximum absolute atomic E-state index is 13.0. The monoisotopic (exact) mass is 342 g/mol. The van der Waals surface area contributed by atoms with E-state index in [1.807, 2.05) is 36.0 Å². The number of para-hydroxylation sites is 2. The van der Waals surface area contributed by atoms with Crippen LogP contribution in [0.4, 0.5) is 5.69 Å². The van der Waals surface area contributed by atoms with Crippen LogP contribution in [0.1, 0.15) is 46.0 Å². The summed E-state index contributed by atoms with van der Waals surface area (Å²) < 4.78 is 0. The molecular formula is C20H26N2O3. The van der Waals surface area contributed by atoms with Gasteiger partial charge in [-0.25, -0.2) is 5.01 Å². The minimum atomic E-state index is -0.648. The van der Waals surface area contributed by atoms with Gasteiger partial charge in [0.2, 0.25) is 0 Å². The van der Waals surface area contributed by atoms with Crippen LogP contribution in [0.25, 0.3) is 0 Å². The fourth-order valence-corrected chi connectivity index (χ4v) is 6.37. The molecule has 4 bridgehead atoms. The number of hydrogen-bond acceptors (Lipinski definition) is 4. The number of hydrogen-bond donors (Lipinski definition) is 2. The Morgan fingerprint density at radius 3 is 2.32 bits per heavy atom. The molecule has 4 saturated carbocycles. The Morgan fingerprint density at radius 1 is 1.08 bits per heavy atom. The number of anilines is 1. The van der Waals surface area contributed by atoms with E-state index in [1.54, 1.807) is 12.1 Å². The number of aliphatic hydroxyl groups is 1. The molecule has 5 nitrogen and oxygen atoms in total. The third-order valence-electron chi connectivity index (χ3n) is 7.06. The molecule has 1 amide bonds. The van der Waals surface area contributed by atoms with E-state index in [1.165, 1.54) is 0 Å². The second kappa shape index (κ2) is 4.70. The van der Waals surface area contributed by atoms with Gasteiger partial charge >= 0.3 is 0 Å². The lowest BCUT2D eigenvalue weighted by Crippen LogP contribution is -2.80. The summed E-state index contributed by atoms with van der Waals surface area (Å²) in [5, 5.41) is 25.1. The molecule has 5 fully saturated rings. The molecule has 0 aromatic heterocycles. The molecule has 5 atom stereocenters. The zero-order chi connectivity index (χ0) is 17.6. The summed E-state index contributed by atoms with van der Waals surface area (Å²) in [6.07, 6.45) is 4.78. The van der Waals surface area contributed by atoms with Crippen LogP contribution in [-0.2, 0) is 4.79 Å². The molecule has 0 spiro atoms. The Labute approximate surface area is 148 Å². The molecule has 134 valence electrons. The van der Waals surface area contributed by atoms with Gasteiger partial charge in [-0.05, 0) is 75.8 Å². The zero-order valence-corrected chi connectivity index (χ0v) is 14.9. The van der Waals surface area contributed by atoms with Gasteiger partial charge in [-0.1, -0.05) is 12.1 Å². The number of rotatable bonds is 2. The number of benzene rings is 1. The van der Waals surface area contributed by atoms with Crippen LogP contribution in [0.15, 0.2) is 24.3 Å². The van der Waals surface area contributed by atoms with Gasteiger partial charge < -0.3 is 10.2 Å². The van der Waals surface area contributed by atoms with E-state index in [2.05, 4.69) is 0 Å². The van der Waals surface area contributed by atoms with Crippen LogP contribution < -0.4 is 5.01 Å². The summed E-state index contributed by atoms with van der Waals surface area (Å²) in [6.45, 7) is 3.84. The first-order valence-electron chi connectivity index (χ1n) is 9.44. The molecule has 1 saturated heterocycles. The second-order valence-electron chi connectivity index (χ2n) is 9.19. The number of carbonyl (C=O) groups excluding carboxylic acids is 1. The summed E-state index contributed by atoms with van der Waals surface area (Å²) in [5.41, 5.74) is -0.458. The van der Waals surface area contributed by atoms with Crippen molar-refractivity contribution in [2.75, 3.05) is 5.01 Å². The SMILES string of the molecule is CC1(C)C(=O)N(C2[C@@H]3CC4C[C@H]2CC(O)(C4)C3)N1c1ccccc1O. The highest BCUT2D eigenvalue weighted by molar-refractivity contribution is 5.98. The Bertz CT molecular complexity index is 730. The topological polar surface area (TPSA) is 64.0 Å². The van der Waals surface area contributed by atoms with Crippen molar-refractivity contribution in [2.24, 2.45) is 17.8 Å². The van der Waals surface area contributed by atoms with Crippen molar-refractivity contribution in [3.8, 4) is 5.75 Å². The van der Waals surface area contributed by atoms with Gasteiger partial charge in [0, 0.05) is 0 Å². The number of amides is 1. The van der Waals surface area contributed by atoms with Gasteiger partial charge in [-0.2, -0.15) is 0 Å². The number of nitrogens with zero attached hydrogens (tertiary/aromatic N) is 2. The van der Waals surface area contributed by atoms with Crippen LogP contribution in [0.3, 0.4) is 0 Å². The van der Waals surface area contributed by atoms with E-state index in [9.17, 15) is 15.0 Å². The van der Waals surface area contributed by atoms with Crippen molar-refractivity contribution >= 4 is 11.6 Å². The molecule has 5 heteroatoms. The van der Waals surface area contributed by atoms with Crippen molar-refractivity contribution in [3.05, 3.63) is 24.3 Å². The quantitative estimate of drug-likeness (QED) is 0.867. The lowest BCUT2D eigenvalue weighted by Gasteiger charge is -2.66. The van der Waals surface area contributed by atoms with E-state index in [0.29, 0.717) is 23.4 Å². The average molecular weight is 342 g/mol. The predicted octanol–water partition coefficient (Wildman–Crippen LogP) is 2.67. The first kappa shape index (κ1) is 15.5. The third-order valence-corrected chi connectivity index (χ3v) is 7.06. The highest BCUT2D eigenvalue weighted by atomic mass is 16.3. The van der Waals surface area contributed by atoms with Crippen molar-refractivity contribution in [1.82, 2.24) is 5.01 Å². The highest BCUT2D eigenvalue weighted by Crippen LogP contribution is 2.59. The molecule has 6 rings (SSSR count). The first-order valence-corrected chi connectivity index (χ1v) is 9.44. The largest absolute Gasteiger partial charge is 0.506 e. The van der Waals surface area contributed by atoms with Crippen molar-refractivity contribution in [3.63, 3.8) is 0 Å². The normalized spacial score (nSPS) is 41.2. The van der Waals surface area contributed by atoms with Gasteiger partial charge in [0.25, 0.3) is 5.91 Å². The van der Waals surface area contributed by atoms with Crippen molar-refractivity contribution < 1.29 is 15.0 Å². The zero-order valence-electron chi connectivity index (χ0n) is 14.9. The lowest BCUT2D eigenvalue weighted by atomic mass is 9.52. The van der Waals surface area contributed by atoms with E-state index in [-0.39, 0.29) is 17.7 Å². The molecule has 1 aliphatic heterocycles. The Hall–Kier alpha value is -1.75. The molecular weight excluding hydrogens is 316 g/mol. The van der Waals surface area contributed by atoms with Gasteiger partial charge in [-0.15, -0.1) is 0 Å². The third kappa shape index (κ3) is 1.96. The molecule has 4 aliphatic carbocycles. The number of phenolic OH excluding ortho intramolecular Hbond substituents is 1. The Balaban J connectivity index is 1.53. The van der Waals surface area contributed by atoms with Crippen molar-refractivity contribution in [2.45, 2.75) is 63.1 Å². The summed E-state index contributed by atoms with van der Waals surface area (Å²) in [4.78, 5) is 13.0. The molecule has 0 radical (unpaired) electrons. The van der Waals surface area contributed by atoms with E-state index < -0.39 is 11.1 Å². The van der Waals surface area contributed by atoms with Crippen LogP contribution in [0.2, 0.25) is 0 Å². The summed E-state index contributed by atoms with van der Waals surface area (Å²) in [7, 11) is 0. The van der Waals surface area contributed by atoms with E-state index >= 15 is 0 Å². The number of phenols is 1. The van der Waals surface area contributed by atoms with Crippen molar-refractivity contribution in [1.29, 1.82) is 0 Å². The summed E-state index contributed by atoms with van der Waals surface area (Å²) >= 11 is 0. The highest BCUT2D eigenvalue weighted by Gasteiger charge is 2.63. The Kier molecular flexibility index (Phi) is 2.91. The second-order valence-corrected chi connectivity index (χ2v) is 9.19. The maximum atomic E-state index is 13.0. The smallest absolute Gasteiger partial charge is 0.268 e. The van der Waals surface area contributed by atoms with Gasteiger partial charge in [0.1, 0.15) is 17.0 Å². The van der Waals surface area contributed by atoms with Gasteiger partial charge in [0.05, 0.1) is 11.6 Å². The molecule has 1 heterocycles. The summed E-state index contributed by atoms with van der Waals surface area (Å²) in [5.74, 6) is 1.67. The number of carbonyl (C=O) groups is 1. The van der Waals surface area contributed by atoms with Crippen LogP contribution >= 0.6 is 0 Å². The predicted molar refractivity (Wildman–Crippen MR) is 93.8 cm³/mol. The van der Waals surface area contributed by atoms with Crippen LogP contribution in [-0.4, -0.2) is 38.3 Å². The fraction of sp³-hybridized carbons (Fsp3) is 0.650. The molecule has 5 aliphatic rings. The molecule has 3 unspecified atom stereocenters.